The Balaban J connectivity index is 2.15. The number of rotatable bonds is 4. The van der Waals surface area contributed by atoms with Gasteiger partial charge in [-0.2, -0.15) is 0 Å². The van der Waals surface area contributed by atoms with Crippen molar-refractivity contribution in [3.8, 4) is 11.3 Å². The zero-order valence-electron chi connectivity index (χ0n) is 9.37. The lowest BCUT2D eigenvalue weighted by atomic mass is 10.2. The summed E-state index contributed by atoms with van der Waals surface area (Å²) in [6, 6.07) is 10.3. The monoisotopic (exact) mass is 218 g/mol. The highest BCUT2D eigenvalue weighted by Gasteiger charge is 2.04. The molecule has 0 aliphatic rings. The maximum Gasteiger partial charge on any atom is 0.134 e. The lowest BCUT2D eigenvalue weighted by Crippen LogP contribution is -1.79. The van der Waals surface area contributed by atoms with Gasteiger partial charge in [0.2, 0.25) is 0 Å². The topological polar surface area (TPSA) is 13.1 Å². The van der Waals surface area contributed by atoms with E-state index in [9.17, 15) is 4.39 Å². The Bertz CT molecular complexity index is 442. The van der Waals surface area contributed by atoms with Crippen LogP contribution in [0, 0.1) is 5.82 Å². The lowest BCUT2D eigenvalue weighted by molar-refractivity contribution is 0.512. The van der Waals surface area contributed by atoms with E-state index in [-0.39, 0.29) is 5.82 Å². The molecule has 0 bridgehead atoms. The van der Waals surface area contributed by atoms with E-state index in [1.807, 2.05) is 12.1 Å². The predicted octanol–water partition coefficient (Wildman–Crippen LogP) is 4.43. The molecule has 0 aliphatic carbocycles. The van der Waals surface area contributed by atoms with E-state index >= 15 is 0 Å². The second kappa shape index (κ2) is 4.97. The molecule has 2 heteroatoms. The van der Waals surface area contributed by atoms with Gasteiger partial charge in [-0.3, -0.25) is 0 Å². The molecule has 0 aliphatic heterocycles. The Morgan fingerprint density at radius 1 is 1.06 bits per heavy atom. The number of halogens is 1. The van der Waals surface area contributed by atoms with Crippen molar-refractivity contribution >= 4 is 0 Å². The number of aryl methyl sites for hydroxylation is 1. The Labute approximate surface area is 94.9 Å². The molecule has 1 heterocycles. The normalized spacial score (nSPS) is 10.6. The fourth-order valence-electron chi connectivity index (χ4n) is 1.63. The first-order valence-corrected chi connectivity index (χ1v) is 5.64. The second-order valence-corrected chi connectivity index (χ2v) is 3.88. The van der Waals surface area contributed by atoms with E-state index in [1.54, 1.807) is 12.1 Å². The molecule has 0 saturated carbocycles. The van der Waals surface area contributed by atoms with Crippen LogP contribution in [0.15, 0.2) is 40.8 Å². The molecule has 0 fully saturated rings. The van der Waals surface area contributed by atoms with Gasteiger partial charge in [-0.05, 0) is 42.8 Å². The molecule has 0 amide bonds. The van der Waals surface area contributed by atoms with Crippen molar-refractivity contribution in [1.29, 1.82) is 0 Å². The molecule has 2 rings (SSSR count). The molecule has 2 aromatic rings. The largest absolute Gasteiger partial charge is 0.461 e. The van der Waals surface area contributed by atoms with E-state index in [2.05, 4.69) is 6.92 Å². The molecular formula is C14H15FO. The van der Waals surface area contributed by atoms with Crippen molar-refractivity contribution in [1.82, 2.24) is 0 Å². The smallest absolute Gasteiger partial charge is 0.134 e. The van der Waals surface area contributed by atoms with E-state index < -0.39 is 0 Å². The molecule has 84 valence electrons. The Morgan fingerprint density at radius 2 is 1.81 bits per heavy atom. The summed E-state index contributed by atoms with van der Waals surface area (Å²) >= 11 is 0. The minimum Gasteiger partial charge on any atom is -0.461 e. The van der Waals surface area contributed by atoms with Crippen LogP contribution in [0.1, 0.15) is 25.5 Å². The van der Waals surface area contributed by atoms with Gasteiger partial charge < -0.3 is 4.42 Å². The lowest BCUT2D eigenvalue weighted by Gasteiger charge is -1.97. The summed E-state index contributed by atoms with van der Waals surface area (Å²) < 4.78 is 18.4. The third kappa shape index (κ3) is 2.51. The Morgan fingerprint density at radius 3 is 2.50 bits per heavy atom. The quantitative estimate of drug-likeness (QED) is 0.740. The average Bonchev–Trinajstić information content (AvgIpc) is 2.76. The van der Waals surface area contributed by atoms with Gasteiger partial charge in [-0.1, -0.05) is 13.3 Å². The third-order valence-electron chi connectivity index (χ3n) is 2.57. The maximum absolute atomic E-state index is 12.7. The molecule has 0 atom stereocenters. The number of furan rings is 1. The number of unbranched alkanes of at least 4 members (excludes halogenated alkanes) is 1. The fourth-order valence-corrected chi connectivity index (χ4v) is 1.63. The van der Waals surface area contributed by atoms with Crippen LogP contribution in [-0.2, 0) is 6.42 Å². The predicted molar refractivity (Wildman–Crippen MR) is 62.7 cm³/mol. The highest BCUT2D eigenvalue weighted by atomic mass is 19.1. The summed E-state index contributed by atoms with van der Waals surface area (Å²) in [6.07, 6.45) is 3.26. The third-order valence-corrected chi connectivity index (χ3v) is 2.57. The Hall–Kier alpha value is -1.57. The molecule has 0 saturated heterocycles. The van der Waals surface area contributed by atoms with Crippen molar-refractivity contribution in [2.75, 3.05) is 0 Å². The van der Waals surface area contributed by atoms with Crippen molar-refractivity contribution in [3.05, 3.63) is 48.0 Å². The van der Waals surface area contributed by atoms with Crippen molar-refractivity contribution in [2.45, 2.75) is 26.2 Å². The molecule has 1 aromatic carbocycles. The van der Waals surface area contributed by atoms with Crippen LogP contribution in [0.3, 0.4) is 0 Å². The van der Waals surface area contributed by atoms with Gasteiger partial charge in [-0.25, -0.2) is 4.39 Å². The van der Waals surface area contributed by atoms with Crippen molar-refractivity contribution < 1.29 is 8.81 Å². The molecule has 16 heavy (non-hydrogen) atoms. The van der Waals surface area contributed by atoms with Crippen LogP contribution in [0.4, 0.5) is 4.39 Å². The van der Waals surface area contributed by atoms with Gasteiger partial charge in [-0.15, -0.1) is 0 Å². The molecule has 0 radical (unpaired) electrons. The fraction of sp³-hybridized carbons (Fsp3) is 0.286. The van der Waals surface area contributed by atoms with E-state index in [0.29, 0.717) is 0 Å². The van der Waals surface area contributed by atoms with E-state index in [0.717, 1.165) is 36.3 Å². The summed E-state index contributed by atoms with van der Waals surface area (Å²) in [5.41, 5.74) is 0.921. The summed E-state index contributed by atoms with van der Waals surface area (Å²) in [4.78, 5) is 0. The molecular weight excluding hydrogens is 203 g/mol. The van der Waals surface area contributed by atoms with Gasteiger partial charge in [0.1, 0.15) is 17.3 Å². The number of hydrogen-bond acceptors (Lipinski definition) is 1. The van der Waals surface area contributed by atoms with Crippen LogP contribution in [0.5, 0.6) is 0 Å². The molecule has 1 aromatic heterocycles. The van der Waals surface area contributed by atoms with Crippen LogP contribution in [-0.4, -0.2) is 0 Å². The molecule has 0 unspecified atom stereocenters. The first-order chi connectivity index (χ1) is 7.79. The van der Waals surface area contributed by atoms with Crippen LogP contribution in [0.2, 0.25) is 0 Å². The summed E-state index contributed by atoms with van der Waals surface area (Å²) in [7, 11) is 0. The molecule has 0 N–H and O–H groups in total. The molecule has 1 nitrogen and oxygen atoms in total. The maximum atomic E-state index is 12.7. The Kier molecular flexibility index (Phi) is 3.40. The summed E-state index contributed by atoms with van der Waals surface area (Å²) in [5.74, 6) is 1.59. The highest BCUT2D eigenvalue weighted by Crippen LogP contribution is 2.23. The SMILES string of the molecule is CCCCc1ccc(-c2ccc(F)cc2)o1. The van der Waals surface area contributed by atoms with Gasteiger partial charge in [0.05, 0.1) is 0 Å². The van der Waals surface area contributed by atoms with Gasteiger partial charge in [0.15, 0.2) is 0 Å². The van der Waals surface area contributed by atoms with Gasteiger partial charge >= 0.3 is 0 Å². The van der Waals surface area contributed by atoms with Crippen LogP contribution >= 0.6 is 0 Å². The van der Waals surface area contributed by atoms with E-state index in [4.69, 9.17) is 4.42 Å². The summed E-state index contributed by atoms with van der Waals surface area (Å²) in [5, 5.41) is 0. The highest BCUT2D eigenvalue weighted by molar-refractivity contribution is 5.57. The minimum atomic E-state index is -0.221. The molecule has 0 spiro atoms. The number of benzene rings is 1. The van der Waals surface area contributed by atoms with Crippen molar-refractivity contribution in [2.24, 2.45) is 0 Å². The summed E-state index contributed by atoms with van der Waals surface area (Å²) in [6.45, 7) is 2.16. The first kappa shape index (κ1) is 10.9. The first-order valence-electron chi connectivity index (χ1n) is 5.64. The zero-order valence-corrected chi connectivity index (χ0v) is 9.37. The van der Waals surface area contributed by atoms with Crippen LogP contribution < -0.4 is 0 Å². The second-order valence-electron chi connectivity index (χ2n) is 3.88. The van der Waals surface area contributed by atoms with E-state index in [1.165, 1.54) is 12.1 Å². The van der Waals surface area contributed by atoms with Crippen LogP contribution in [0.25, 0.3) is 11.3 Å². The average molecular weight is 218 g/mol. The van der Waals surface area contributed by atoms with Gasteiger partial charge in [0.25, 0.3) is 0 Å². The number of hydrogen-bond donors (Lipinski definition) is 0. The minimum absolute atomic E-state index is 0.221. The van der Waals surface area contributed by atoms with Gasteiger partial charge in [0, 0.05) is 12.0 Å². The zero-order chi connectivity index (χ0) is 11.4. The van der Waals surface area contributed by atoms with Crippen molar-refractivity contribution in [3.63, 3.8) is 0 Å². The standard InChI is InChI=1S/C14H15FO/c1-2-3-4-13-9-10-14(16-13)11-5-7-12(15)8-6-11/h5-10H,2-4H2,1H3.